The van der Waals surface area contributed by atoms with Gasteiger partial charge < -0.3 is 4.74 Å². The van der Waals surface area contributed by atoms with Gasteiger partial charge in [0.25, 0.3) is 0 Å². The van der Waals surface area contributed by atoms with Crippen LogP contribution >= 0.6 is 0 Å². The predicted octanol–water partition coefficient (Wildman–Crippen LogP) is 1.69. The van der Waals surface area contributed by atoms with Gasteiger partial charge in [-0.25, -0.2) is 4.84 Å². The summed E-state index contributed by atoms with van der Waals surface area (Å²) in [6.45, 7) is 2.51. The maximum absolute atomic E-state index is 5.21. The number of nitrogens with zero attached hydrogens (tertiary/aromatic N) is 1. The Bertz CT molecular complexity index is 262. The molecule has 1 rings (SSSR count). The van der Waals surface area contributed by atoms with Gasteiger partial charge in [-0.05, 0) is 12.5 Å². The Hall–Kier alpha value is -1.39. The Balaban J connectivity index is 2.05. The van der Waals surface area contributed by atoms with E-state index in [2.05, 4.69) is 10.7 Å². The molecular formula is C10H14N2O2. The van der Waals surface area contributed by atoms with Gasteiger partial charge in [-0.2, -0.15) is 10.7 Å². The van der Waals surface area contributed by atoms with Crippen LogP contribution in [0.2, 0.25) is 0 Å². The second-order valence-electron chi connectivity index (χ2n) is 2.57. The number of hydrazone groups is 1. The Labute approximate surface area is 83.5 Å². The molecule has 0 heterocycles. The van der Waals surface area contributed by atoms with E-state index < -0.39 is 0 Å². The quantitative estimate of drug-likeness (QED) is 0.324. The summed E-state index contributed by atoms with van der Waals surface area (Å²) in [5, 5.41) is 3.64. The fourth-order valence-corrected chi connectivity index (χ4v) is 0.892. The van der Waals surface area contributed by atoms with E-state index in [0.29, 0.717) is 6.61 Å². The molecule has 0 amide bonds. The molecule has 1 aromatic carbocycles. The molecule has 0 aliphatic carbocycles. The van der Waals surface area contributed by atoms with Crippen molar-refractivity contribution in [1.29, 1.82) is 0 Å². The molecule has 0 radical (unpaired) electrons. The number of hydrogen-bond donors (Lipinski definition) is 1. The second-order valence-corrected chi connectivity index (χ2v) is 2.57. The third kappa shape index (κ3) is 4.59. The zero-order valence-corrected chi connectivity index (χ0v) is 8.14. The summed E-state index contributed by atoms with van der Waals surface area (Å²) in [5.74, 6) is 0. The van der Waals surface area contributed by atoms with Gasteiger partial charge in [0, 0.05) is 6.21 Å². The number of hydrogen-bond acceptors (Lipinski definition) is 4. The van der Waals surface area contributed by atoms with E-state index in [1.165, 1.54) is 0 Å². The Morgan fingerprint density at radius 3 is 2.86 bits per heavy atom. The molecule has 0 aromatic heterocycles. The van der Waals surface area contributed by atoms with E-state index in [1.807, 2.05) is 30.3 Å². The van der Waals surface area contributed by atoms with Gasteiger partial charge >= 0.3 is 0 Å². The number of ether oxygens (including phenoxy) is 1. The summed E-state index contributed by atoms with van der Waals surface area (Å²) in [6, 6.07) is 9.91. The molecule has 0 atom stereocenters. The Morgan fingerprint density at radius 2 is 2.14 bits per heavy atom. The zero-order chi connectivity index (χ0) is 10.1. The average molecular weight is 194 g/mol. The van der Waals surface area contributed by atoms with Crippen molar-refractivity contribution in [2.75, 3.05) is 6.79 Å². The average Bonchev–Trinajstić information content (AvgIpc) is 2.25. The highest BCUT2D eigenvalue weighted by atomic mass is 16.8. The van der Waals surface area contributed by atoms with Crippen molar-refractivity contribution in [2.24, 2.45) is 5.10 Å². The van der Waals surface area contributed by atoms with Crippen molar-refractivity contribution < 1.29 is 9.57 Å². The number of rotatable bonds is 6. The van der Waals surface area contributed by atoms with Crippen LogP contribution in [-0.2, 0) is 16.2 Å². The van der Waals surface area contributed by atoms with Crippen LogP contribution in [0.15, 0.2) is 35.4 Å². The topological polar surface area (TPSA) is 42.9 Å². The normalized spacial score (nSPS) is 10.6. The molecule has 0 aliphatic heterocycles. The maximum Gasteiger partial charge on any atom is 0.175 e. The van der Waals surface area contributed by atoms with Crippen LogP contribution in [0.25, 0.3) is 0 Å². The number of benzene rings is 1. The summed E-state index contributed by atoms with van der Waals surface area (Å²) >= 11 is 0. The minimum atomic E-state index is 0.173. The molecule has 0 unspecified atom stereocenters. The van der Waals surface area contributed by atoms with Crippen LogP contribution in [0.4, 0.5) is 0 Å². The first kappa shape index (κ1) is 10.7. The van der Waals surface area contributed by atoms with Gasteiger partial charge in [0.1, 0.15) is 0 Å². The van der Waals surface area contributed by atoms with E-state index in [9.17, 15) is 0 Å². The lowest BCUT2D eigenvalue weighted by Gasteiger charge is -2.03. The van der Waals surface area contributed by atoms with Gasteiger partial charge in [0.05, 0.1) is 6.61 Å². The maximum atomic E-state index is 5.21. The highest BCUT2D eigenvalue weighted by molar-refractivity contribution is 5.52. The molecule has 1 N–H and O–H groups in total. The lowest BCUT2D eigenvalue weighted by Crippen LogP contribution is -2.10. The third-order valence-electron chi connectivity index (χ3n) is 1.50. The second kappa shape index (κ2) is 7.06. The van der Waals surface area contributed by atoms with Crippen LogP contribution in [-0.4, -0.2) is 13.0 Å². The van der Waals surface area contributed by atoms with Gasteiger partial charge in [-0.3, -0.25) is 0 Å². The highest BCUT2D eigenvalue weighted by Gasteiger charge is 1.90. The Kier molecular flexibility index (Phi) is 5.39. The summed E-state index contributed by atoms with van der Waals surface area (Å²) in [6.07, 6.45) is 1.59. The molecule has 14 heavy (non-hydrogen) atoms. The van der Waals surface area contributed by atoms with Crippen molar-refractivity contribution in [3.8, 4) is 0 Å². The lowest BCUT2D eigenvalue weighted by atomic mass is 10.2. The first-order chi connectivity index (χ1) is 6.93. The monoisotopic (exact) mass is 194 g/mol. The van der Waals surface area contributed by atoms with Crippen molar-refractivity contribution in [1.82, 2.24) is 5.59 Å². The van der Waals surface area contributed by atoms with Crippen molar-refractivity contribution in [3.05, 3.63) is 35.9 Å². The van der Waals surface area contributed by atoms with E-state index >= 15 is 0 Å². The molecule has 0 spiro atoms. The highest BCUT2D eigenvalue weighted by Crippen LogP contribution is 1.99. The van der Waals surface area contributed by atoms with Crippen LogP contribution in [0, 0.1) is 0 Å². The molecule has 0 saturated heterocycles. The molecule has 0 fully saturated rings. The van der Waals surface area contributed by atoms with E-state index in [-0.39, 0.29) is 6.79 Å². The summed E-state index contributed by atoms with van der Waals surface area (Å²) in [5.41, 5.74) is 3.49. The minimum Gasteiger partial charge on any atom is -0.348 e. The van der Waals surface area contributed by atoms with Gasteiger partial charge in [0.2, 0.25) is 0 Å². The summed E-state index contributed by atoms with van der Waals surface area (Å²) in [7, 11) is 0. The molecule has 1 aromatic rings. The molecular weight excluding hydrogens is 180 g/mol. The van der Waals surface area contributed by atoms with E-state index in [4.69, 9.17) is 9.57 Å². The van der Waals surface area contributed by atoms with Crippen molar-refractivity contribution in [3.63, 3.8) is 0 Å². The summed E-state index contributed by atoms with van der Waals surface area (Å²) in [4.78, 5) is 4.83. The minimum absolute atomic E-state index is 0.173. The van der Waals surface area contributed by atoms with Crippen LogP contribution in [0.3, 0.4) is 0 Å². The molecule has 0 aliphatic rings. The molecule has 4 heteroatoms. The van der Waals surface area contributed by atoms with E-state index in [0.717, 1.165) is 5.56 Å². The third-order valence-corrected chi connectivity index (χ3v) is 1.50. The van der Waals surface area contributed by atoms with E-state index in [1.54, 1.807) is 13.1 Å². The van der Waals surface area contributed by atoms with Gasteiger partial charge in [-0.15, -0.1) is 0 Å². The standard InChI is InChI=1S/C10H14N2O2/c1-2-11-12-14-9-13-8-10-6-4-3-5-7-10/h2-7,12H,8-9H2,1H3/b11-2-. The fourth-order valence-electron chi connectivity index (χ4n) is 0.892. The molecule has 0 saturated carbocycles. The largest absolute Gasteiger partial charge is 0.348 e. The smallest absolute Gasteiger partial charge is 0.175 e. The summed E-state index contributed by atoms with van der Waals surface area (Å²) < 4.78 is 5.21. The first-order valence-electron chi connectivity index (χ1n) is 4.39. The van der Waals surface area contributed by atoms with Gasteiger partial charge in [0.15, 0.2) is 6.79 Å². The zero-order valence-electron chi connectivity index (χ0n) is 8.14. The lowest BCUT2D eigenvalue weighted by molar-refractivity contribution is -0.104. The fraction of sp³-hybridized carbons (Fsp3) is 0.300. The van der Waals surface area contributed by atoms with Crippen LogP contribution < -0.4 is 5.59 Å². The molecule has 0 bridgehead atoms. The predicted molar refractivity (Wildman–Crippen MR) is 54.5 cm³/mol. The molecule has 76 valence electrons. The molecule has 4 nitrogen and oxygen atoms in total. The van der Waals surface area contributed by atoms with Gasteiger partial charge in [-0.1, -0.05) is 30.3 Å². The van der Waals surface area contributed by atoms with Crippen LogP contribution in [0.1, 0.15) is 12.5 Å². The first-order valence-corrected chi connectivity index (χ1v) is 4.39. The number of nitrogens with one attached hydrogen (secondary N) is 1. The van der Waals surface area contributed by atoms with Crippen molar-refractivity contribution >= 4 is 6.21 Å². The Morgan fingerprint density at radius 1 is 1.36 bits per heavy atom. The van der Waals surface area contributed by atoms with Crippen LogP contribution in [0.5, 0.6) is 0 Å². The van der Waals surface area contributed by atoms with Crippen molar-refractivity contribution in [2.45, 2.75) is 13.5 Å². The SMILES string of the molecule is C/C=N\NOCOCc1ccccc1.